The van der Waals surface area contributed by atoms with Crippen LogP contribution in [-0.4, -0.2) is 9.38 Å². The topological polar surface area (TPSA) is 17.3 Å². The minimum atomic E-state index is -0.870. The summed E-state index contributed by atoms with van der Waals surface area (Å²) in [5.74, 6) is -1.72. The summed E-state index contributed by atoms with van der Waals surface area (Å²) in [4.78, 5) is 4.17. The number of rotatable bonds is 0. The minimum absolute atomic E-state index is 0.458. The van der Waals surface area contributed by atoms with Crippen LogP contribution in [0.25, 0.3) is 16.7 Å². The molecule has 2 heterocycles. The summed E-state index contributed by atoms with van der Waals surface area (Å²) in [7, 11) is 0. The molecule has 0 aliphatic rings. The predicted octanol–water partition coefficient (Wildman–Crippen LogP) is 2.77. The van der Waals surface area contributed by atoms with Crippen LogP contribution in [0, 0.1) is 11.6 Å². The molecule has 0 atom stereocenters. The number of nitrogens with zero attached hydrogens (tertiary/aromatic N) is 2. The summed E-state index contributed by atoms with van der Waals surface area (Å²) >= 11 is 0. The number of fused-ring (bicyclic) bond motifs is 3. The van der Waals surface area contributed by atoms with Crippen LogP contribution in [0.1, 0.15) is 0 Å². The second kappa shape index (κ2) is 2.76. The maximum absolute atomic E-state index is 13.0. The zero-order valence-corrected chi connectivity index (χ0v) is 7.61. The van der Waals surface area contributed by atoms with E-state index in [1.54, 1.807) is 16.7 Å². The average molecular weight is 204 g/mol. The first-order chi connectivity index (χ1) is 7.25. The number of pyridine rings is 1. The molecule has 3 aromatic rings. The molecule has 0 N–H and O–H groups in total. The van der Waals surface area contributed by atoms with Gasteiger partial charge in [-0.15, -0.1) is 0 Å². The fraction of sp³-hybridized carbons (Fsp3) is 0. The van der Waals surface area contributed by atoms with Crippen molar-refractivity contribution >= 4 is 16.7 Å². The Kier molecular flexibility index (Phi) is 1.54. The van der Waals surface area contributed by atoms with Crippen LogP contribution in [0.3, 0.4) is 0 Å². The maximum atomic E-state index is 13.0. The van der Waals surface area contributed by atoms with E-state index < -0.39 is 11.6 Å². The summed E-state index contributed by atoms with van der Waals surface area (Å²) in [6, 6.07) is 7.70. The molecule has 0 fully saturated rings. The van der Waals surface area contributed by atoms with Gasteiger partial charge in [-0.2, -0.15) is 0 Å². The van der Waals surface area contributed by atoms with Crippen LogP contribution in [0.4, 0.5) is 8.78 Å². The maximum Gasteiger partial charge on any atom is 0.161 e. The van der Waals surface area contributed by atoms with Crippen LogP contribution >= 0.6 is 0 Å². The van der Waals surface area contributed by atoms with Gasteiger partial charge in [0.25, 0.3) is 0 Å². The summed E-state index contributed by atoms with van der Waals surface area (Å²) in [6.07, 6.45) is 1.77. The van der Waals surface area contributed by atoms with E-state index in [1.165, 1.54) is 0 Å². The third-order valence-electron chi connectivity index (χ3n) is 2.35. The van der Waals surface area contributed by atoms with Gasteiger partial charge < -0.3 is 0 Å². The van der Waals surface area contributed by atoms with E-state index in [1.807, 2.05) is 12.1 Å². The highest BCUT2D eigenvalue weighted by atomic mass is 19.2. The Morgan fingerprint density at radius 1 is 1.07 bits per heavy atom. The third-order valence-corrected chi connectivity index (χ3v) is 2.35. The van der Waals surface area contributed by atoms with Gasteiger partial charge in [-0.25, -0.2) is 13.8 Å². The zero-order valence-electron chi connectivity index (χ0n) is 7.61. The largest absolute Gasteiger partial charge is 0.300 e. The van der Waals surface area contributed by atoms with E-state index in [9.17, 15) is 8.78 Å². The lowest BCUT2D eigenvalue weighted by atomic mass is 10.3. The first kappa shape index (κ1) is 8.35. The van der Waals surface area contributed by atoms with Crippen molar-refractivity contribution in [2.75, 3.05) is 0 Å². The highest BCUT2D eigenvalue weighted by Crippen LogP contribution is 2.19. The quantitative estimate of drug-likeness (QED) is 0.550. The molecular weight excluding hydrogens is 198 g/mol. The van der Waals surface area contributed by atoms with E-state index in [0.29, 0.717) is 16.7 Å². The molecule has 0 bridgehead atoms. The molecule has 2 aromatic heterocycles. The molecule has 15 heavy (non-hydrogen) atoms. The average Bonchev–Trinajstić information content (AvgIpc) is 2.57. The molecule has 0 aliphatic heterocycles. The monoisotopic (exact) mass is 204 g/mol. The number of hydrogen-bond acceptors (Lipinski definition) is 1. The van der Waals surface area contributed by atoms with Crippen LogP contribution < -0.4 is 0 Å². The summed E-state index contributed by atoms with van der Waals surface area (Å²) in [5, 5.41) is 0. The molecule has 74 valence electrons. The van der Waals surface area contributed by atoms with Crippen molar-refractivity contribution in [3.05, 3.63) is 48.2 Å². The lowest BCUT2D eigenvalue weighted by Crippen LogP contribution is -1.85. The van der Waals surface area contributed by atoms with Crippen molar-refractivity contribution in [1.82, 2.24) is 9.38 Å². The number of benzene rings is 1. The standard InChI is InChI=1S/C11H6F2N2/c12-7-5-9-10(6-8(7)13)15-4-2-1-3-11(15)14-9/h1-6H. The van der Waals surface area contributed by atoms with Gasteiger partial charge >= 0.3 is 0 Å². The van der Waals surface area contributed by atoms with E-state index >= 15 is 0 Å². The molecule has 0 unspecified atom stereocenters. The lowest BCUT2D eigenvalue weighted by Gasteiger charge is -1.94. The van der Waals surface area contributed by atoms with Crippen LogP contribution in [0.15, 0.2) is 36.5 Å². The van der Waals surface area contributed by atoms with Crippen molar-refractivity contribution in [2.24, 2.45) is 0 Å². The molecule has 2 nitrogen and oxygen atoms in total. The Hall–Kier alpha value is -1.97. The van der Waals surface area contributed by atoms with Crippen LogP contribution in [-0.2, 0) is 0 Å². The third kappa shape index (κ3) is 1.11. The molecule has 0 radical (unpaired) electrons. The Bertz CT molecular complexity index is 658. The number of aromatic nitrogens is 2. The second-order valence-electron chi connectivity index (χ2n) is 3.30. The Morgan fingerprint density at radius 2 is 1.87 bits per heavy atom. The molecule has 0 spiro atoms. The predicted molar refractivity (Wildman–Crippen MR) is 52.6 cm³/mol. The molecule has 3 rings (SSSR count). The van der Waals surface area contributed by atoms with Gasteiger partial charge in [-0.05, 0) is 12.1 Å². The van der Waals surface area contributed by atoms with Gasteiger partial charge in [0.1, 0.15) is 5.65 Å². The van der Waals surface area contributed by atoms with Gasteiger partial charge in [0.15, 0.2) is 11.6 Å². The van der Waals surface area contributed by atoms with E-state index in [0.717, 1.165) is 12.1 Å². The number of hydrogen-bond donors (Lipinski definition) is 0. The van der Waals surface area contributed by atoms with Gasteiger partial charge in [0, 0.05) is 18.3 Å². The molecular formula is C11H6F2N2. The molecule has 1 aromatic carbocycles. The van der Waals surface area contributed by atoms with Gasteiger partial charge in [-0.1, -0.05) is 6.07 Å². The molecule has 0 aliphatic carbocycles. The second-order valence-corrected chi connectivity index (χ2v) is 3.30. The lowest BCUT2D eigenvalue weighted by molar-refractivity contribution is 0.510. The fourth-order valence-corrected chi connectivity index (χ4v) is 1.66. The van der Waals surface area contributed by atoms with E-state index in [2.05, 4.69) is 4.98 Å². The van der Waals surface area contributed by atoms with Crippen molar-refractivity contribution in [3.8, 4) is 0 Å². The zero-order chi connectivity index (χ0) is 10.4. The molecule has 0 saturated carbocycles. The van der Waals surface area contributed by atoms with E-state index in [-0.39, 0.29) is 0 Å². The van der Waals surface area contributed by atoms with E-state index in [4.69, 9.17) is 0 Å². The Balaban J connectivity index is 2.56. The van der Waals surface area contributed by atoms with Gasteiger partial charge in [0.05, 0.1) is 11.0 Å². The summed E-state index contributed by atoms with van der Waals surface area (Å²) < 4.78 is 27.7. The molecule has 0 amide bonds. The molecule has 0 saturated heterocycles. The highest BCUT2D eigenvalue weighted by molar-refractivity contribution is 5.80. The fourth-order valence-electron chi connectivity index (χ4n) is 1.66. The highest BCUT2D eigenvalue weighted by Gasteiger charge is 2.08. The number of imidazole rings is 1. The summed E-state index contributed by atoms with van der Waals surface area (Å²) in [6.45, 7) is 0. The molecule has 4 heteroatoms. The van der Waals surface area contributed by atoms with Crippen molar-refractivity contribution in [1.29, 1.82) is 0 Å². The SMILES string of the molecule is Fc1cc2nc3ccccn3c2cc1F. The van der Waals surface area contributed by atoms with Crippen molar-refractivity contribution < 1.29 is 8.78 Å². The van der Waals surface area contributed by atoms with Crippen LogP contribution in [0.2, 0.25) is 0 Å². The van der Waals surface area contributed by atoms with Gasteiger partial charge in [-0.3, -0.25) is 4.40 Å². The first-order valence-electron chi connectivity index (χ1n) is 4.47. The number of halogens is 2. The smallest absolute Gasteiger partial charge is 0.161 e. The Morgan fingerprint density at radius 3 is 2.73 bits per heavy atom. The van der Waals surface area contributed by atoms with Crippen LogP contribution in [0.5, 0.6) is 0 Å². The first-order valence-corrected chi connectivity index (χ1v) is 4.47. The Labute approximate surface area is 83.8 Å². The minimum Gasteiger partial charge on any atom is -0.300 e. The van der Waals surface area contributed by atoms with Crippen molar-refractivity contribution in [3.63, 3.8) is 0 Å². The van der Waals surface area contributed by atoms with Gasteiger partial charge in [0.2, 0.25) is 0 Å². The van der Waals surface area contributed by atoms with Crippen molar-refractivity contribution in [2.45, 2.75) is 0 Å². The normalized spacial score (nSPS) is 11.3. The summed E-state index contributed by atoms with van der Waals surface area (Å²) in [5.41, 5.74) is 1.71.